The van der Waals surface area contributed by atoms with Crippen molar-refractivity contribution in [3.63, 3.8) is 0 Å². The van der Waals surface area contributed by atoms with Crippen molar-refractivity contribution in [1.82, 2.24) is 25.3 Å². The number of methoxy groups -OCH3 is 1. The molecule has 0 spiro atoms. The Labute approximate surface area is 203 Å². The maximum Gasteiger partial charge on any atom is 0.191 e. The molecule has 8 heteroatoms. The van der Waals surface area contributed by atoms with Crippen LogP contribution in [0.4, 0.5) is 0 Å². The first-order valence-corrected chi connectivity index (χ1v) is 11.1. The fourth-order valence-electron chi connectivity index (χ4n) is 3.89. The third-order valence-electron chi connectivity index (χ3n) is 5.49. The molecule has 3 rings (SSSR count). The number of likely N-dealkylation sites (tertiary alicyclic amines) is 1. The van der Waals surface area contributed by atoms with Gasteiger partial charge in [0, 0.05) is 19.3 Å². The van der Waals surface area contributed by atoms with Gasteiger partial charge in [-0.25, -0.2) is 0 Å². The minimum absolute atomic E-state index is 0. The standard InChI is InChI=1S/C23H36N6O.HI/c1-4-24-23(25-12-15-29-18-19(2)16-27-29)26-17-22(28-13-6-5-7-14-28)20-8-10-21(30-3)11-9-20;/h8-11,16,18,22H,4-7,12-15,17H2,1-3H3,(H2,24,25,26);1H. The van der Waals surface area contributed by atoms with Crippen LogP contribution in [0, 0.1) is 6.92 Å². The van der Waals surface area contributed by atoms with E-state index >= 15 is 0 Å². The Morgan fingerprint density at radius 3 is 2.52 bits per heavy atom. The first kappa shape index (κ1) is 25.5. The van der Waals surface area contributed by atoms with Crippen molar-refractivity contribution in [1.29, 1.82) is 0 Å². The molecule has 1 fully saturated rings. The summed E-state index contributed by atoms with van der Waals surface area (Å²) in [6.07, 6.45) is 7.79. The van der Waals surface area contributed by atoms with Crippen LogP contribution in [0.2, 0.25) is 0 Å². The maximum absolute atomic E-state index is 5.34. The molecule has 0 radical (unpaired) electrons. The van der Waals surface area contributed by atoms with Crippen LogP contribution >= 0.6 is 24.0 Å². The number of piperidine rings is 1. The lowest BCUT2D eigenvalue weighted by Gasteiger charge is -2.34. The van der Waals surface area contributed by atoms with Crippen molar-refractivity contribution < 1.29 is 4.74 Å². The fraction of sp³-hybridized carbons (Fsp3) is 0.565. The Morgan fingerprint density at radius 1 is 1.16 bits per heavy atom. The molecular weight excluding hydrogens is 503 g/mol. The van der Waals surface area contributed by atoms with Crippen LogP contribution in [0.1, 0.15) is 43.4 Å². The van der Waals surface area contributed by atoms with Crippen LogP contribution in [-0.4, -0.2) is 60.5 Å². The SMILES string of the molecule is CCNC(=NCC(c1ccc(OC)cc1)N1CCCCC1)NCCn1cc(C)cn1.I. The third kappa shape index (κ3) is 7.99. The zero-order valence-corrected chi connectivity index (χ0v) is 21.3. The number of hydrogen-bond acceptors (Lipinski definition) is 4. The van der Waals surface area contributed by atoms with Crippen LogP contribution in [0.15, 0.2) is 41.7 Å². The molecular formula is C23H37IN6O. The van der Waals surface area contributed by atoms with E-state index in [4.69, 9.17) is 9.73 Å². The van der Waals surface area contributed by atoms with Gasteiger partial charge in [-0.3, -0.25) is 14.6 Å². The number of hydrogen-bond donors (Lipinski definition) is 2. The molecule has 1 aromatic heterocycles. The van der Waals surface area contributed by atoms with E-state index in [9.17, 15) is 0 Å². The fourth-order valence-corrected chi connectivity index (χ4v) is 3.89. The number of rotatable bonds is 9. The summed E-state index contributed by atoms with van der Waals surface area (Å²) in [7, 11) is 1.71. The van der Waals surface area contributed by atoms with Gasteiger partial charge in [0.1, 0.15) is 5.75 Å². The average molecular weight is 540 g/mol. The predicted octanol–water partition coefficient (Wildman–Crippen LogP) is 3.60. The maximum atomic E-state index is 5.34. The molecule has 31 heavy (non-hydrogen) atoms. The number of nitrogens with zero attached hydrogens (tertiary/aromatic N) is 4. The van der Waals surface area contributed by atoms with Crippen LogP contribution in [0.25, 0.3) is 0 Å². The van der Waals surface area contributed by atoms with E-state index in [1.807, 2.05) is 23.0 Å². The lowest BCUT2D eigenvalue weighted by atomic mass is 10.0. The number of halogens is 1. The van der Waals surface area contributed by atoms with Gasteiger partial charge in [0.25, 0.3) is 0 Å². The Kier molecular flexibility index (Phi) is 11.1. The van der Waals surface area contributed by atoms with Crippen molar-refractivity contribution in [2.24, 2.45) is 4.99 Å². The summed E-state index contributed by atoms with van der Waals surface area (Å²) in [6, 6.07) is 8.72. The lowest BCUT2D eigenvalue weighted by molar-refractivity contribution is 0.167. The Bertz CT molecular complexity index is 786. The second kappa shape index (κ2) is 13.6. The molecule has 1 aliphatic heterocycles. The monoisotopic (exact) mass is 540 g/mol. The highest BCUT2D eigenvalue weighted by Crippen LogP contribution is 2.26. The Balaban J connectivity index is 0.00000341. The molecule has 2 aromatic rings. The van der Waals surface area contributed by atoms with Gasteiger partial charge in [-0.15, -0.1) is 24.0 Å². The normalized spacial score (nSPS) is 15.8. The van der Waals surface area contributed by atoms with Gasteiger partial charge in [-0.2, -0.15) is 5.10 Å². The molecule has 1 saturated heterocycles. The number of ether oxygens (including phenoxy) is 1. The number of nitrogens with one attached hydrogen (secondary N) is 2. The molecule has 1 atom stereocenters. The Morgan fingerprint density at radius 2 is 1.90 bits per heavy atom. The molecule has 0 bridgehead atoms. The first-order chi connectivity index (χ1) is 14.7. The number of aryl methyl sites for hydroxylation is 1. The number of aliphatic imine (C=N–C) groups is 1. The summed E-state index contributed by atoms with van der Waals surface area (Å²) < 4.78 is 7.30. The number of aromatic nitrogens is 2. The van der Waals surface area contributed by atoms with Gasteiger partial charge in [-0.1, -0.05) is 18.6 Å². The summed E-state index contributed by atoms with van der Waals surface area (Å²) in [5, 5.41) is 11.2. The third-order valence-corrected chi connectivity index (χ3v) is 5.49. The molecule has 1 aromatic carbocycles. The van der Waals surface area contributed by atoms with Crippen LogP contribution in [0.3, 0.4) is 0 Å². The minimum atomic E-state index is 0. The van der Waals surface area contributed by atoms with E-state index < -0.39 is 0 Å². The molecule has 1 aliphatic rings. The molecule has 0 aliphatic carbocycles. The van der Waals surface area contributed by atoms with Gasteiger partial charge in [0.05, 0.1) is 32.4 Å². The van der Waals surface area contributed by atoms with Gasteiger partial charge in [-0.05, 0) is 63.0 Å². The molecule has 0 saturated carbocycles. The van der Waals surface area contributed by atoms with Gasteiger partial charge < -0.3 is 15.4 Å². The van der Waals surface area contributed by atoms with Crippen molar-refractivity contribution in [3.05, 3.63) is 47.8 Å². The molecule has 2 N–H and O–H groups in total. The molecule has 172 valence electrons. The van der Waals surface area contributed by atoms with E-state index in [1.54, 1.807) is 7.11 Å². The second-order valence-electron chi connectivity index (χ2n) is 7.81. The van der Waals surface area contributed by atoms with E-state index in [0.29, 0.717) is 0 Å². The summed E-state index contributed by atoms with van der Waals surface area (Å²) in [5.74, 6) is 1.75. The highest BCUT2D eigenvalue weighted by Gasteiger charge is 2.22. The Hall–Kier alpha value is -1.81. The first-order valence-electron chi connectivity index (χ1n) is 11.1. The van der Waals surface area contributed by atoms with Crippen molar-refractivity contribution in [2.45, 2.75) is 45.7 Å². The van der Waals surface area contributed by atoms with E-state index in [1.165, 1.54) is 30.4 Å². The quantitative estimate of drug-likeness (QED) is 0.289. The summed E-state index contributed by atoms with van der Waals surface area (Å²) in [4.78, 5) is 7.51. The smallest absolute Gasteiger partial charge is 0.191 e. The molecule has 2 heterocycles. The highest BCUT2D eigenvalue weighted by molar-refractivity contribution is 14.0. The number of guanidine groups is 1. The largest absolute Gasteiger partial charge is 0.497 e. The van der Waals surface area contributed by atoms with Crippen molar-refractivity contribution >= 4 is 29.9 Å². The minimum Gasteiger partial charge on any atom is -0.497 e. The molecule has 7 nitrogen and oxygen atoms in total. The van der Waals surface area contributed by atoms with Crippen LogP contribution in [0.5, 0.6) is 5.75 Å². The van der Waals surface area contributed by atoms with E-state index in [-0.39, 0.29) is 30.0 Å². The van der Waals surface area contributed by atoms with E-state index in [2.05, 4.69) is 52.8 Å². The predicted molar refractivity (Wildman–Crippen MR) is 138 cm³/mol. The second-order valence-corrected chi connectivity index (χ2v) is 7.81. The van der Waals surface area contributed by atoms with Crippen molar-refractivity contribution in [2.75, 3.05) is 39.8 Å². The summed E-state index contributed by atoms with van der Waals surface area (Å²) in [5.41, 5.74) is 2.48. The zero-order chi connectivity index (χ0) is 21.2. The molecule has 1 unspecified atom stereocenters. The van der Waals surface area contributed by atoms with Gasteiger partial charge >= 0.3 is 0 Å². The lowest BCUT2D eigenvalue weighted by Crippen LogP contribution is -2.40. The van der Waals surface area contributed by atoms with E-state index in [0.717, 1.165) is 51.0 Å². The summed E-state index contributed by atoms with van der Waals surface area (Å²) in [6.45, 7) is 9.58. The van der Waals surface area contributed by atoms with Crippen LogP contribution in [-0.2, 0) is 6.54 Å². The molecule has 0 amide bonds. The van der Waals surface area contributed by atoms with Crippen LogP contribution < -0.4 is 15.4 Å². The van der Waals surface area contributed by atoms with Gasteiger partial charge in [0.2, 0.25) is 0 Å². The van der Waals surface area contributed by atoms with Gasteiger partial charge in [0.15, 0.2) is 5.96 Å². The summed E-state index contributed by atoms with van der Waals surface area (Å²) >= 11 is 0. The van der Waals surface area contributed by atoms with Crippen molar-refractivity contribution in [3.8, 4) is 5.75 Å². The average Bonchev–Trinajstić information content (AvgIpc) is 3.20. The highest BCUT2D eigenvalue weighted by atomic mass is 127. The number of benzene rings is 1. The topological polar surface area (TPSA) is 66.7 Å². The zero-order valence-electron chi connectivity index (χ0n) is 19.0.